The van der Waals surface area contributed by atoms with Crippen molar-refractivity contribution in [2.75, 3.05) is 11.1 Å². The van der Waals surface area contributed by atoms with Gasteiger partial charge in [0, 0.05) is 10.7 Å². The largest absolute Gasteiger partial charge is 0.325 e. The molecular weight excluding hydrogens is 370 g/mol. The topological polar surface area (TPSA) is 72.7 Å². The number of hydrogen-bond donors (Lipinski definition) is 1. The molecule has 0 spiro atoms. The summed E-state index contributed by atoms with van der Waals surface area (Å²) in [7, 11) is 0. The number of benzene rings is 2. The number of carbonyl (C=O) groups excluding carboxylic acids is 1. The smallest absolute Gasteiger partial charge is 0.234 e. The van der Waals surface area contributed by atoms with Crippen molar-refractivity contribution in [1.82, 2.24) is 20.2 Å². The number of nitrogens with one attached hydrogen (secondary N) is 1. The van der Waals surface area contributed by atoms with Gasteiger partial charge < -0.3 is 5.32 Å². The third-order valence-corrected chi connectivity index (χ3v) is 4.96. The van der Waals surface area contributed by atoms with Crippen molar-refractivity contribution >= 4 is 35.0 Å². The summed E-state index contributed by atoms with van der Waals surface area (Å²) in [5.74, 6) is 0.108. The van der Waals surface area contributed by atoms with Gasteiger partial charge in [0.05, 0.1) is 11.4 Å². The highest BCUT2D eigenvalue weighted by atomic mass is 35.5. The third kappa shape index (κ3) is 4.23. The molecule has 26 heavy (non-hydrogen) atoms. The van der Waals surface area contributed by atoms with Crippen LogP contribution in [-0.4, -0.2) is 31.9 Å². The van der Waals surface area contributed by atoms with E-state index in [1.54, 1.807) is 16.8 Å². The van der Waals surface area contributed by atoms with E-state index in [4.69, 9.17) is 11.6 Å². The number of aromatic nitrogens is 4. The van der Waals surface area contributed by atoms with Crippen molar-refractivity contribution < 1.29 is 4.79 Å². The van der Waals surface area contributed by atoms with E-state index < -0.39 is 0 Å². The molecule has 0 unspecified atom stereocenters. The van der Waals surface area contributed by atoms with Gasteiger partial charge in [-0.15, -0.1) is 5.10 Å². The Morgan fingerprint density at radius 3 is 2.46 bits per heavy atom. The maximum Gasteiger partial charge on any atom is 0.234 e. The Morgan fingerprint density at radius 1 is 1.15 bits per heavy atom. The quantitative estimate of drug-likeness (QED) is 0.670. The van der Waals surface area contributed by atoms with Crippen molar-refractivity contribution in [3.8, 4) is 5.69 Å². The molecule has 0 fully saturated rings. The second kappa shape index (κ2) is 7.88. The molecule has 1 N–H and O–H groups in total. The van der Waals surface area contributed by atoms with Crippen molar-refractivity contribution in [1.29, 1.82) is 0 Å². The highest BCUT2D eigenvalue weighted by molar-refractivity contribution is 7.99. The van der Waals surface area contributed by atoms with E-state index in [1.807, 2.05) is 32.9 Å². The maximum absolute atomic E-state index is 12.4. The lowest BCUT2D eigenvalue weighted by atomic mass is 10.1. The zero-order chi connectivity index (χ0) is 18.7. The van der Waals surface area contributed by atoms with Crippen LogP contribution in [0.15, 0.2) is 41.6 Å². The molecule has 1 amide bonds. The molecule has 0 radical (unpaired) electrons. The number of nitrogens with zero attached hydrogens (tertiary/aromatic N) is 4. The molecule has 3 aromatic rings. The van der Waals surface area contributed by atoms with E-state index in [1.165, 1.54) is 17.3 Å². The highest BCUT2D eigenvalue weighted by Gasteiger charge is 2.13. The fourth-order valence-electron chi connectivity index (χ4n) is 2.70. The van der Waals surface area contributed by atoms with Crippen LogP contribution in [0, 0.1) is 20.8 Å². The van der Waals surface area contributed by atoms with Gasteiger partial charge in [-0.3, -0.25) is 4.79 Å². The molecular formula is C18H18ClN5OS. The average Bonchev–Trinajstić information content (AvgIpc) is 3.05. The van der Waals surface area contributed by atoms with Gasteiger partial charge in [0.1, 0.15) is 0 Å². The first kappa shape index (κ1) is 18.4. The van der Waals surface area contributed by atoms with Crippen LogP contribution in [0.25, 0.3) is 5.69 Å². The summed E-state index contributed by atoms with van der Waals surface area (Å²) in [6.07, 6.45) is 0. The van der Waals surface area contributed by atoms with Gasteiger partial charge in [-0.05, 0) is 66.6 Å². The van der Waals surface area contributed by atoms with Gasteiger partial charge in [0.2, 0.25) is 11.1 Å². The van der Waals surface area contributed by atoms with E-state index >= 15 is 0 Å². The van der Waals surface area contributed by atoms with Crippen molar-refractivity contribution in [3.05, 3.63) is 58.1 Å². The van der Waals surface area contributed by atoms with E-state index in [2.05, 4.69) is 33.0 Å². The molecule has 0 bridgehead atoms. The van der Waals surface area contributed by atoms with Crippen LogP contribution in [0.3, 0.4) is 0 Å². The van der Waals surface area contributed by atoms with Crippen LogP contribution in [0.4, 0.5) is 5.69 Å². The van der Waals surface area contributed by atoms with Gasteiger partial charge in [0.15, 0.2) is 0 Å². The molecule has 3 rings (SSSR count). The first-order valence-electron chi connectivity index (χ1n) is 7.99. The zero-order valence-electron chi connectivity index (χ0n) is 14.7. The van der Waals surface area contributed by atoms with Gasteiger partial charge in [-0.1, -0.05) is 41.1 Å². The van der Waals surface area contributed by atoms with Gasteiger partial charge in [0.25, 0.3) is 0 Å². The summed E-state index contributed by atoms with van der Waals surface area (Å²) in [5.41, 5.74) is 4.92. The van der Waals surface area contributed by atoms with Gasteiger partial charge in [-0.25, -0.2) is 0 Å². The lowest BCUT2D eigenvalue weighted by molar-refractivity contribution is -0.113. The second-order valence-electron chi connectivity index (χ2n) is 5.96. The summed E-state index contributed by atoms with van der Waals surface area (Å²) in [4.78, 5) is 12.4. The molecule has 0 saturated carbocycles. The second-order valence-corrected chi connectivity index (χ2v) is 7.34. The molecule has 0 saturated heterocycles. The normalized spacial score (nSPS) is 10.8. The Kier molecular flexibility index (Phi) is 5.58. The number of carbonyl (C=O) groups is 1. The fraction of sp³-hybridized carbons (Fsp3) is 0.222. The fourth-order valence-corrected chi connectivity index (χ4v) is 3.51. The summed E-state index contributed by atoms with van der Waals surface area (Å²) < 4.78 is 1.58. The standard InChI is InChI=1S/C18H18ClN5OS/c1-11-8-12(2)17(13(3)9-11)20-16(25)10-26-18-21-22-23-24(18)15-6-4-14(19)5-7-15/h4-9H,10H2,1-3H3,(H,20,25). The summed E-state index contributed by atoms with van der Waals surface area (Å²) in [5, 5.41) is 15.8. The summed E-state index contributed by atoms with van der Waals surface area (Å²) >= 11 is 7.19. The molecule has 1 aromatic heterocycles. The summed E-state index contributed by atoms with van der Waals surface area (Å²) in [6.45, 7) is 6.02. The van der Waals surface area contributed by atoms with E-state index in [0.29, 0.717) is 10.2 Å². The predicted molar refractivity (Wildman–Crippen MR) is 104 cm³/mol. The number of thioether (sulfide) groups is 1. The predicted octanol–water partition coefficient (Wildman–Crippen LogP) is 3.97. The average molecular weight is 388 g/mol. The highest BCUT2D eigenvalue weighted by Crippen LogP contribution is 2.23. The number of hydrogen-bond acceptors (Lipinski definition) is 5. The molecule has 0 aliphatic rings. The Balaban J connectivity index is 1.68. The molecule has 8 heteroatoms. The molecule has 2 aromatic carbocycles. The Morgan fingerprint density at radius 2 is 1.81 bits per heavy atom. The molecule has 0 aliphatic heterocycles. The Hall–Kier alpha value is -2.38. The Bertz CT molecular complexity index is 916. The monoisotopic (exact) mass is 387 g/mol. The van der Waals surface area contributed by atoms with Crippen molar-refractivity contribution in [3.63, 3.8) is 0 Å². The molecule has 0 aliphatic carbocycles. The van der Waals surface area contributed by atoms with Crippen LogP contribution in [-0.2, 0) is 4.79 Å². The third-order valence-electron chi connectivity index (χ3n) is 3.79. The van der Waals surface area contributed by atoms with E-state index in [-0.39, 0.29) is 11.7 Å². The molecule has 134 valence electrons. The SMILES string of the molecule is Cc1cc(C)c(NC(=O)CSc2nnnn2-c2ccc(Cl)cc2)c(C)c1. The van der Waals surface area contributed by atoms with Crippen LogP contribution >= 0.6 is 23.4 Å². The zero-order valence-corrected chi connectivity index (χ0v) is 16.2. The molecule has 1 heterocycles. The minimum Gasteiger partial charge on any atom is -0.325 e. The van der Waals surface area contributed by atoms with Crippen molar-refractivity contribution in [2.24, 2.45) is 0 Å². The first-order valence-corrected chi connectivity index (χ1v) is 9.35. The summed E-state index contributed by atoms with van der Waals surface area (Å²) in [6, 6.07) is 11.3. The van der Waals surface area contributed by atoms with Gasteiger partial charge in [-0.2, -0.15) is 4.68 Å². The minimum absolute atomic E-state index is 0.101. The maximum atomic E-state index is 12.4. The number of anilines is 1. The Labute approximate surface area is 160 Å². The lowest BCUT2D eigenvalue weighted by Crippen LogP contribution is -2.16. The van der Waals surface area contributed by atoms with Crippen LogP contribution in [0.5, 0.6) is 0 Å². The van der Waals surface area contributed by atoms with Crippen LogP contribution < -0.4 is 5.32 Å². The number of amides is 1. The molecule has 6 nitrogen and oxygen atoms in total. The number of aryl methyl sites for hydroxylation is 3. The van der Waals surface area contributed by atoms with Crippen molar-refractivity contribution in [2.45, 2.75) is 25.9 Å². The van der Waals surface area contributed by atoms with Crippen LogP contribution in [0.2, 0.25) is 5.02 Å². The number of halogens is 1. The van der Waals surface area contributed by atoms with Crippen LogP contribution in [0.1, 0.15) is 16.7 Å². The first-order chi connectivity index (χ1) is 12.4. The lowest BCUT2D eigenvalue weighted by Gasteiger charge is -2.12. The molecule has 0 atom stereocenters. The number of rotatable bonds is 5. The number of tetrazole rings is 1. The van der Waals surface area contributed by atoms with E-state index in [0.717, 1.165) is 22.5 Å². The minimum atomic E-state index is -0.101. The van der Waals surface area contributed by atoms with Gasteiger partial charge >= 0.3 is 0 Å². The van der Waals surface area contributed by atoms with E-state index in [9.17, 15) is 4.79 Å².